The first-order chi connectivity index (χ1) is 13.1. The van der Waals surface area contributed by atoms with Crippen LogP contribution in [-0.2, 0) is 17.0 Å². The van der Waals surface area contributed by atoms with Crippen LogP contribution in [0.2, 0.25) is 0 Å². The van der Waals surface area contributed by atoms with Crippen molar-refractivity contribution in [3.05, 3.63) is 74.6 Å². The number of hydrogen-bond donors (Lipinski definition) is 0. The molecule has 2 aromatic carbocycles. The molecule has 0 aliphatic heterocycles. The molecule has 0 saturated heterocycles. The molecule has 0 unspecified atom stereocenters. The van der Waals surface area contributed by atoms with Crippen molar-refractivity contribution in [2.24, 2.45) is 0 Å². The van der Waals surface area contributed by atoms with Crippen LogP contribution in [0.15, 0.2) is 58.5 Å². The van der Waals surface area contributed by atoms with Gasteiger partial charge in [0.25, 0.3) is 11.2 Å². The van der Waals surface area contributed by atoms with Crippen LogP contribution < -0.4 is 5.56 Å². The minimum absolute atomic E-state index is 0.0686. The Morgan fingerprint density at radius 3 is 2.70 bits per heavy atom. The van der Waals surface area contributed by atoms with Gasteiger partial charge in [0.2, 0.25) is 0 Å². The summed E-state index contributed by atoms with van der Waals surface area (Å²) in [5.74, 6) is 0.353. The fraction of sp³-hybridized carbons (Fsp3) is 0.263. The summed E-state index contributed by atoms with van der Waals surface area (Å²) in [5.41, 5.74) is 1.18. The summed E-state index contributed by atoms with van der Waals surface area (Å²) in [5, 5.41) is 12.3. The predicted octanol–water partition coefficient (Wildman–Crippen LogP) is 3.63. The lowest BCUT2D eigenvalue weighted by Crippen LogP contribution is -2.24. The zero-order chi connectivity index (χ0) is 19.2. The van der Waals surface area contributed by atoms with Gasteiger partial charge in [-0.05, 0) is 18.6 Å². The Balaban J connectivity index is 1.96. The Hall–Kier alpha value is -2.71. The van der Waals surface area contributed by atoms with Crippen LogP contribution in [0.1, 0.15) is 12.0 Å². The summed E-state index contributed by atoms with van der Waals surface area (Å²) in [6, 6.07) is 13.8. The van der Waals surface area contributed by atoms with E-state index < -0.39 is 4.92 Å². The van der Waals surface area contributed by atoms with Crippen LogP contribution in [0.5, 0.6) is 0 Å². The molecular weight excluding hydrogens is 366 g/mol. The molecule has 3 aromatic rings. The molecule has 0 aliphatic carbocycles. The number of ether oxygens (including phenoxy) is 1. The van der Waals surface area contributed by atoms with E-state index in [4.69, 9.17) is 4.74 Å². The highest BCUT2D eigenvalue weighted by Gasteiger charge is 2.16. The first kappa shape index (κ1) is 19.1. The molecule has 27 heavy (non-hydrogen) atoms. The topological polar surface area (TPSA) is 87.3 Å². The average Bonchev–Trinajstić information content (AvgIpc) is 2.68. The maximum Gasteiger partial charge on any atom is 0.273 e. The van der Waals surface area contributed by atoms with Crippen molar-refractivity contribution in [3.63, 3.8) is 0 Å². The summed E-state index contributed by atoms with van der Waals surface area (Å²) in [7, 11) is 1.62. The maximum absolute atomic E-state index is 12.9. The number of nitro groups is 1. The highest BCUT2D eigenvalue weighted by molar-refractivity contribution is 7.98. The predicted molar refractivity (Wildman–Crippen MR) is 105 cm³/mol. The smallest absolute Gasteiger partial charge is 0.273 e. The fourth-order valence-electron chi connectivity index (χ4n) is 2.78. The Morgan fingerprint density at radius 2 is 1.93 bits per heavy atom. The Labute approximate surface area is 160 Å². The van der Waals surface area contributed by atoms with E-state index in [2.05, 4.69) is 4.98 Å². The van der Waals surface area contributed by atoms with Crippen molar-refractivity contribution in [2.45, 2.75) is 23.9 Å². The fourth-order valence-corrected chi connectivity index (χ4v) is 3.80. The molecule has 1 heterocycles. The zero-order valence-corrected chi connectivity index (χ0v) is 15.6. The van der Waals surface area contributed by atoms with Gasteiger partial charge >= 0.3 is 0 Å². The third kappa shape index (κ3) is 4.35. The molecule has 0 N–H and O–H groups in total. The van der Waals surface area contributed by atoms with Gasteiger partial charge in [0, 0.05) is 37.6 Å². The molecular formula is C19H19N3O4S. The van der Waals surface area contributed by atoms with Gasteiger partial charge < -0.3 is 4.74 Å². The van der Waals surface area contributed by atoms with E-state index >= 15 is 0 Å². The molecule has 0 saturated carbocycles. The molecule has 0 radical (unpaired) electrons. The van der Waals surface area contributed by atoms with Crippen LogP contribution >= 0.6 is 11.8 Å². The Morgan fingerprint density at radius 1 is 1.19 bits per heavy atom. The zero-order valence-electron chi connectivity index (χ0n) is 14.8. The summed E-state index contributed by atoms with van der Waals surface area (Å²) in [6.45, 7) is 1.01. The normalized spacial score (nSPS) is 11.0. The van der Waals surface area contributed by atoms with Crippen LogP contribution in [0.3, 0.4) is 0 Å². The third-order valence-electron chi connectivity index (χ3n) is 4.10. The number of fused-ring (bicyclic) bond motifs is 1. The van der Waals surface area contributed by atoms with E-state index in [9.17, 15) is 14.9 Å². The third-order valence-corrected chi connectivity index (χ3v) is 5.13. The average molecular weight is 385 g/mol. The lowest BCUT2D eigenvalue weighted by atomic mass is 10.2. The van der Waals surface area contributed by atoms with E-state index in [1.807, 2.05) is 12.1 Å². The summed E-state index contributed by atoms with van der Waals surface area (Å²) in [6.07, 6.45) is 0.676. The van der Waals surface area contributed by atoms with Crippen molar-refractivity contribution in [3.8, 4) is 0 Å². The number of aromatic nitrogens is 2. The number of nitro benzene ring substituents is 1. The summed E-state index contributed by atoms with van der Waals surface area (Å²) in [4.78, 5) is 28.3. The Bertz CT molecular complexity index is 1020. The lowest BCUT2D eigenvalue weighted by molar-refractivity contribution is -0.385. The standard InChI is InChI=1S/C19H19N3O4S/c1-26-12-6-11-21-18(23)15-8-3-4-9-16(15)20-19(21)27-13-14-7-2-5-10-17(14)22(24)25/h2-5,7-10H,6,11-13H2,1H3. The molecule has 0 aliphatic rings. The minimum Gasteiger partial charge on any atom is -0.385 e. The van der Waals surface area contributed by atoms with Crippen molar-refractivity contribution in [1.29, 1.82) is 0 Å². The quantitative estimate of drug-likeness (QED) is 0.193. The van der Waals surface area contributed by atoms with Crippen molar-refractivity contribution in [2.75, 3.05) is 13.7 Å². The molecule has 0 atom stereocenters. The number of rotatable bonds is 8. The van der Waals surface area contributed by atoms with Gasteiger partial charge in [-0.1, -0.05) is 42.1 Å². The number of thioether (sulfide) groups is 1. The number of nitrogens with zero attached hydrogens (tertiary/aromatic N) is 3. The molecule has 0 amide bonds. The van der Waals surface area contributed by atoms with Gasteiger partial charge in [-0.2, -0.15) is 0 Å². The lowest BCUT2D eigenvalue weighted by Gasteiger charge is -2.13. The summed E-state index contributed by atoms with van der Waals surface area (Å²) >= 11 is 1.33. The van der Waals surface area contributed by atoms with Gasteiger partial charge in [-0.3, -0.25) is 19.5 Å². The second kappa shape index (κ2) is 8.79. The second-order valence-corrected chi connectivity index (χ2v) is 6.83. The first-order valence-electron chi connectivity index (χ1n) is 8.45. The first-order valence-corrected chi connectivity index (χ1v) is 9.44. The van der Waals surface area contributed by atoms with Gasteiger partial charge in [-0.25, -0.2) is 4.98 Å². The summed E-state index contributed by atoms with van der Waals surface area (Å²) < 4.78 is 6.71. The van der Waals surface area contributed by atoms with Crippen molar-refractivity contribution >= 4 is 28.4 Å². The number of para-hydroxylation sites is 2. The minimum atomic E-state index is -0.393. The molecule has 0 spiro atoms. The largest absolute Gasteiger partial charge is 0.385 e. The highest BCUT2D eigenvalue weighted by atomic mass is 32.2. The van der Waals surface area contributed by atoms with Gasteiger partial charge in [0.1, 0.15) is 0 Å². The molecule has 0 bridgehead atoms. The van der Waals surface area contributed by atoms with E-state index in [1.165, 1.54) is 17.8 Å². The van der Waals surface area contributed by atoms with E-state index in [-0.39, 0.29) is 11.2 Å². The van der Waals surface area contributed by atoms with Crippen molar-refractivity contribution in [1.82, 2.24) is 9.55 Å². The monoisotopic (exact) mass is 385 g/mol. The number of methoxy groups -OCH3 is 1. The van der Waals surface area contributed by atoms with Crippen LogP contribution in [0.25, 0.3) is 10.9 Å². The van der Waals surface area contributed by atoms with Crippen LogP contribution in [-0.4, -0.2) is 28.2 Å². The van der Waals surface area contributed by atoms with Gasteiger partial charge in [-0.15, -0.1) is 0 Å². The van der Waals surface area contributed by atoms with E-state index in [1.54, 1.807) is 42.0 Å². The van der Waals surface area contributed by atoms with E-state index in [0.29, 0.717) is 46.9 Å². The van der Waals surface area contributed by atoms with Crippen LogP contribution in [0.4, 0.5) is 5.69 Å². The Kier molecular flexibility index (Phi) is 6.20. The molecule has 140 valence electrons. The molecule has 0 fully saturated rings. The molecule has 1 aromatic heterocycles. The van der Waals surface area contributed by atoms with Crippen LogP contribution in [0, 0.1) is 10.1 Å². The molecule has 8 heteroatoms. The second-order valence-electron chi connectivity index (χ2n) is 5.89. The molecule has 3 rings (SSSR count). The van der Waals surface area contributed by atoms with Gasteiger partial charge in [0.05, 0.1) is 15.8 Å². The molecule has 7 nitrogen and oxygen atoms in total. The number of hydrogen-bond acceptors (Lipinski definition) is 6. The van der Waals surface area contributed by atoms with Gasteiger partial charge in [0.15, 0.2) is 5.16 Å². The maximum atomic E-state index is 12.9. The SMILES string of the molecule is COCCCn1c(SCc2ccccc2[N+](=O)[O-])nc2ccccc2c1=O. The van der Waals surface area contributed by atoms with Crippen molar-refractivity contribution < 1.29 is 9.66 Å². The number of benzene rings is 2. The highest BCUT2D eigenvalue weighted by Crippen LogP contribution is 2.27. The van der Waals surface area contributed by atoms with E-state index in [0.717, 1.165) is 0 Å².